The maximum atomic E-state index is 11.3. The molecule has 0 aliphatic heterocycles. The number of halogens is 1. The fourth-order valence-corrected chi connectivity index (χ4v) is 0.438. The molecule has 0 aliphatic rings. The highest BCUT2D eigenvalue weighted by Gasteiger charge is 1.81. The normalized spacial score (nSPS) is 7.67. The zero-order chi connectivity index (χ0) is 6.53. The summed E-state index contributed by atoms with van der Waals surface area (Å²) < 4.78 is 11.3. The molecule has 1 nitrogen and oxygen atoms in total. The Labute approximate surface area is 52.5 Å². The molecule has 0 bridgehead atoms. The van der Waals surface area contributed by atoms with Gasteiger partial charge in [0.1, 0.15) is 11.9 Å². The molecule has 9 heavy (non-hydrogen) atoms. The van der Waals surface area contributed by atoms with Crippen LogP contribution in [0.4, 0.5) is 4.39 Å². The molecule has 0 N–H and O–H groups in total. The van der Waals surface area contributed by atoms with Gasteiger partial charge in [-0.1, -0.05) is 0 Å². The van der Waals surface area contributed by atoms with Crippen molar-refractivity contribution >= 4 is 0 Å². The van der Waals surface area contributed by atoms with Gasteiger partial charge in [0.25, 0.3) is 0 Å². The second-order valence-corrected chi connectivity index (χ2v) is 1.35. The number of aromatic nitrogens is 1. The molecule has 1 rings (SSSR count). The van der Waals surface area contributed by atoms with Crippen LogP contribution in [0.25, 0.3) is 0 Å². The molecular weight excluding hydrogens is 117 g/mol. The van der Waals surface area contributed by atoms with Crippen molar-refractivity contribution in [2.24, 2.45) is 0 Å². The highest BCUT2D eigenvalue weighted by Crippen LogP contribution is 1.86. The van der Waals surface area contributed by atoms with E-state index in [4.69, 9.17) is 0 Å². The minimum absolute atomic E-state index is 0.333. The largest absolute Gasteiger partial charge is 0.247 e. The first kappa shape index (κ1) is 5.77. The molecule has 1 heterocycles. The lowest BCUT2D eigenvalue weighted by molar-refractivity contribution is 0.773. The molecule has 0 saturated carbocycles. The lowest BCUT2D eigenvalue weighted by Gasteiger charge is -1.81. The van der Waals surface area contributed by atoms with Crippen LogP contribution in [0, 0.1) is 18.2 Å². The summed E-state index contributed by atoms with van der Waals surface area (Å²) in [5.74, 6) is 2.12. The molecule has 0 aliphatic carbocycles. The SMILES string of the molecule is FC#Cc1[c]cccn1. The number of rotatable bonds is 0. The van der Waals surface area contributed by atoms with Gasteiger partial charge in [0.15, 0.2) is 0 Å². The average molecular weight is 120 g/mol. The molecule has 1 radical (unpaired) electrons. The number of hydrogen-bond acceptors (Lipinski definition) is 1. The third-order valence-corrected chi connectivity index (χ3v) is 0.772. The van der Waals surface area contributed by atoms with Crippen molar-refractivity contribution in [2.45, 2.75) is 0 Å². The fourth-order valence-electron chi connectivity index (χ4n) is 0.438. The molecule has 43 valence electrons. The van der Waals surface area contributed by atoms with E-state index in [9.17, 15) is 4.39 Å². The Morgan fingerprint density at radius 2 is 2.56 bits per heavy atom. The summed E-state index contributed by atoms with van der Waals surface area (Å²) in [7, 11) is 0. The van der Waals surface area contributed by atoms with E-state index in [1.807, 2.05) is 0 Å². The monoisotopic (exact) mass is 120 g/mol. The van der Waals surface area contributed by atoms with E-state index in [-0.39, 0.29) is 0 Å². The first-order chi connectivity index (χ1) is 4.43. The lowest BCUT2D eigenvalue weighted by Crippen LogP contribution is -1.77. The van der Waals surface area contributed by atoms with Crippen LogP contribution in [0.3, 0.4) is 0 Å². The number of nitrogens with zero attached hydrogens (tertiary/aromatic N) is 1. The molecule has 0 amide bonds. The number of pyridine rings is 1. The van der Waals surface area contributed by atoms with Crippen molar-refractivity contribution in [1.29, 1.82) is 0 Å². The molecule has 1 aromatic rings. The lowest BCUT2D eigenvalue weighted by atomic mass is 10.4. The van der Waals surface area contributed by atoms with E-state index in [0.29, 0.717) is 5.69 Å². The van der Waals surface area contributed by atoms with Crippen molar-refractivity contribution in [3.63, 3.8) is 0 Å². The van der Waals surface area contributed by atoms with Gasteiger partial charge in [-0.15, -0.1) is 4.39 Å². The summed E-state index contributed by atoms with van der Waals surface area (Å²) in [5, 5.41) is 0. The van der Waals surface area contributed by atoms with E-state index in [0.717, 1.165) is 0 Å². The van der Waals surface area contributed by atoms with E-state index >= 15 is 0 Å². The number of hydrogen-bond donors (Lipinski definition) is 0. The predicted molar refractivity (Wildman–Crippen MR) is 31.1 cm³/mol. The van der Waals surface area contributed by atoms with Crippen molar-refractivity contribution in [3.05, 3.63) is 30.1 Å². The van der Waals surface area contributed by atoms with E-state index in [1.54, 1.807) is 12.1 Å². The van der Waals surface area contributed by atoms with Gasteiger partial charge in [-0.3, -0.25) is 0 Å². The Morgan fingerprint density at radius 3 is 3.11 bits per heavy atom. The van der Waals surface area contributed by atoms with Crippen LogP contribution in [-0.2, 0) is 0 Å². The third kappa shape index (κ3) is 1.54. The summed E-state index contributed by atoms with van der Waals surface area (Å²) in [4.78, 5) is 3.70. The van der Waals surface area contributed by atoms with Gasteiger partial charge in [-0.05, 0) is 18.1 Å². The van der Waals surface area contributed by atoms with Crippen molar-refractivity contribution in [3.8, 4) is 12.1 Å². The first-order valence-corrected chi connectivity index (χ1v) is 2.38. The second-order valence-electron chi connectivity index (χ2n) is 1.35. The minimum atomic E-state index is 0.333. The predicted octanol–water partition coefficient (Wildman–Crippen LogP) is 1.16. The van der Waals surface area contributed by atoms with Crippen molar-refractivity contribution in [1.82, 2.24) is 4.98 Å². The average Bonchev–Trinajstić information content (AvgIpc) is 1.91. The highest BCUT2D eigenvalue weighted by atomic mass is 19.1. The topological polar surface area (TPSA) is 12.9 Å². The minimum Gasteiger partial charge on any atom is -0.247 e. The summed E-state index contributed by atoms with van der Waals surface area (Å²) in [6, 6.07) is 5.97. The molecule has 0 atom stereocenters. The zero-order valence-electron chi connectivity index (χ0n) is 4.56. The Morgan fingerprint density at radius 1 is 1.67 bits per heavy atom. The van der Waals surface area contributed by atoms with Crippen molar-refractivity contribution < 1.29 is 4.39 Å². The van der Waals surface area contributed by atoms with E-state index in [2.05, 4.69) is 17.0 Å². The summed E-state index contributed by atoms with van der Waals surface area (Å²) >= 11 is 0. The molecular formula is C7H3FN. The molecule has 0 fully saturated rings. The van der Waals surface area contributed by atoms with Crippen LogP contribution in [0.15, 0.2) is 18.3 Å². The van der Waals surface area contributed by atoms with Gasteiger partial charge < -0.3 is 0 Å². The van der Waals surface area contributed by atoms with Crippen LogP contribution >= 0.6 is 0 Å². The van der Waals surface area contributed by atoms with Gasteiger partial charge in [-0.2, -0.15) is 0 Å². The second kappa shape index (κ2) is 2.83. The standard InChI is InChI=1S/C7H3FN/c8-5-4-7-3-1-2-6-9-7/h1-2,6H. The van der Waals surface area contributed by atoms with Crippen LogP contribution in [-0.4, -0.2) is 4.98 Å². The maximum absolute atomic E-state index is 11.3. The molecule has 0 unspecified atom stereocenters. The highest BCUT2D eigenvalue weighted by molar-refractivity contribution is 5.23. The Kier molecular flexibility index (Phi) is 1.81. The van der Waals surface area contributed by atoms with Crippen molar-refractivity contribution in [2.75, 3.05) is 0 Å². The molecule has 0 saturated heterocycles. The molecule has 0 spiro atoms. The molecule has 2 heteroatoms. The smallest absolute Gasteiger partial charge is 0.123 e. The van der Waals surface area contributed by atoms with Gasteiger partial charge in [-0.25, -0.2) is 4.98 Å². The first-order valence-electron chi connectivity index (χ1n) is 2.38. The van der Waals surface area contributed by atoms with Crippen LogP contribution in [0.5, 0.6) is 0 Å². The summed E-state index contributed by atoms with van der Waals surface area (Å²) in [6.45, 7) is 0. The maximum Gasteiger partial charge on any atom is 0.123 e. The fraction of sp³-hybridized carbons (Fsp3) is 0. The van der Waals surface area contributed by atoms with E-state index in [1.165, 1.54) is 12.4 Å². The van der Waals surface area contributed by atoms with Crippen LogP contribution in [0.2, 0.25) is 0 Å². The Balaban J connectivity index is 2.94. The molecule has 1 aromatic heterocycles. The summed E-state index contributed by atoms with van der Waals surface area (Å²) in [6.07, 6.45) is 2.78. The van der Waals surface area contributed by atoms with Crippen LogP contribution < -0.4 is 0 Å². The van der Waals surface area contributed by atoms with Gasteiger partial charge >= 0.3 is 0 Å². The van der Waals surface area contributed by atoms with Gasteiger partial charge in [0.2, 0.25) is 0 Å². The zero-order valence-corrected chi connectivity index (χ0v) is 4.56. The Bertz CT molecular complexity index is 232. The Hall–Kier alpha value is -1.36. The van der Waals surface area contributed by atoms with E-state index < -0.39 is 0 Å². The quantitative estimate of drug-likeness (QED) is 0.468. The molecule has 0 aromatic carbocycles. The van der Waals surface area contributed by atoms with Gasteiger partial charge in [0, 0.05) is 12.3 Å². The van der Waals surface area contributed by atoms with Gasteiger partial charge in [0.05, 0.1) is 0 Å². The van der Waals surface area contributed by atoms with Crippen LogP contribution in [0.1, 0.15) is 5.69 Å². The third-order valence-electron chi connectivity index (χ3n) is 0.772. The summed E-state index contributed by atoms with van der Waals surface area (Å²) in [5.41, 5.74) is 0.333.